The summed E-state index contributed by atoms with van der Waals surface area (Å²) < 4.78 is 27.9. The van der Waals surface area contributed by atoms with Crippen LogP contribution >= 0.6 is 23.1 Å². The Hall–Kier alpha value is -4.01. The van der Waals surface area contributed by atoms with E-state index in [1.165, 1.54) is 23.2 Å². The van der Waals surface area contributed by atoms with Gasteiger partial charge in [0.1, 0.15) is 18.4 Å². The number of amides is 1. The highest BCUT2D eigenvalue weighted by Crippen LogP contribution is 2.38. The van der Waals surface area contributed by atoms with Crippen molar-refractivity contribution in [1.29, 1.82) is 0 Å². The van der Waals surface area contributed by atoms with Gasteiger partial charge < -0.3 is 23.7 Å². The summed E-state index contributed by atoms with van der Waals surface area (Å²) in [5.74, 6) is -3.23. The van der Waals surface area contributed by atoms with Gasteiger partial charge in [0.25, 0.3) is 5.91 Å². The highest BCUT2D eigenvalue weighted by atomic mass is 32.2. The molecule has 5 atom stereocenters. The highest BCUT2D eigenvalue weighted by molar-refractivity contribution is 8.14. The fourth-order valence-electron chi connectivity index (χ4n) is 4.28. The summed E-state index contributed by atoms with van der Waals surface area (Å²) in [5.41, 5.74) is -0.465. The van der Waals surface area contributed by atoms with Gasteiger partial charge >= 0.3 is 23.9 Å². The number of hydrogen-bond donors (Lipinski definition) is 0. The van der Waals surface area contributed by atoms with Crippen LogP contribution in [0.5, 0.6) is 0 Å². The number of amidine groups is 1. The molecular weight excluding hydrogens is 588 g/mol. The quantitative estimate of drug-likeness (QED) is 0.244. The van der Waals surface area contributed by atoms with E-state index in [0.29, 0.717) is 5.69 Å². The second-order valence-electron chi connectivity index (χ2n) is 9.10. The summed E-state index contributed by atoms with van der Waals surface area (Å²) in [6.07, 6.45) is -3.42. The van der Waals surface area contributed by atoms with Gasteiger partial charge in [-0.15, -0.1) is 11.3 Å². The third kappa shape index (κ3) is 7.63. The molecule has 1 amide bonds. The molecule has 222 valence electrons. The number of aliphatic imine (C=N–C) groups is 1. The van der Waals surface area contributed by atoms with Crippen LogP contribution in [0.1, 0.15) is 32.6 Å². The van der Waals surface area contributed by atoms with Crippen LogP contribution in [0.25, 0.3) is 6.08 Å². The number of hydrogen-bond acceptors (Lipinski definition) is 13. The minimum atomic E-state index is -1.34. The number of anilines is 1. The summed E-state index contributed by atoms with van der Waals surface area (Å²) in [6.45, 7) is 4.28. The van der Waals surface area contributed by atoms with Gasteiger partial charge in [-0.3, -0.25) is 28.9 Å². The Kier molecular flexibility index (Phi) is 10.1. The molecule has 1 aromatic heterocycles. The number of esters is 4. The smallest absolute Gasteiger partial charge is 0.303 e. The second kappa shape index (κ2) is 13.8. The molecule has 0 aliphatic carbocycles. The van der Waals surface area contributed by atoms with E-state index in [0.717, 1.165) is 37.4 Å². The molecule has 0 saturated carbocycles. The standard InChI is InChI=1S/C28H28N2O10S2/c1-15(31)36-14-22-23(37-16(2)32)24(38-17(3)33)25(39-18(4)34)27(40-22)42-28-29-21(13-20-11-8-12-41-20)26(35)30(28)19-9-6-5-7-10-19/h5-13,22-25,27H,14H2,1-4H3/b21-13-/t22-,23-,24+,25-,27+/m1/s1. The molecule has 2 aliphatic rings. The molecule has 0 unspecified atom stereocenters. The lowest BCUT2D eigenvalue weighted by Crippen LogP contribution is -2.61. The van der Waals surface area contributed by atoms with E-state index in [4.69, 9.17) is 23.7 Å². The van der Waals surface area contributed by atoms with Crippen molar-refractivity contribution in [3.05, 3.63) is 58.4 Å². The number of thioether (sulfide) groups is 1. The molecular formula is C28H28N2O10S2. The second-order valence-corrected chi connectivity index (χ2v) is 11.1. The molecule has 2 aliphatic heterocycles. The summed E-state index contributed by atoms with van der Waals surface area (Å²) in [5, 5.41) is 2.06. The van der Waals surface area contributed by atoms with E-state index in [2.05, 4.69) is 4.99 Å². The Balaban J connectivity index is 1.77. The molecule has 12 nitrogen and oxygen atoms in total. The van der Waals surface area contributed by atoms with Gasteiger partial charge in [0, 0.05) is 32.6 Å². The molecule has 1 saturated heterocycles. The third-order valence-electron chi connectivity index (χ3n) is 5.84. The normalized spacial score (nSPS) is 24.6. The molecule has 0 bridgehead atoms. The summed E-state index contributed by atoms with van der Waals surface area (Å²) in [4.78, 5) is 68.4. The van der Waals surface area contributed by atoms with Gasteiger partial charge in [-0.2, -0.15) is 0 Å². The Morgan fingerprint density at radius 3 is 2.14 bits per heavy atom. The monoisotopic (exact) mass is 616 g/mol. The van der Waals surface area contributed by atoms with Crippen molar-refractivity contribution in [3.8, 4) is 0 Å². The van der Waals surface area contributed by atoms with E-state index in [1.54, 1.807) is 36.4 Å². The Bertz CT molecular complexity index is 1390. The number of benzene rings is 1. The maximum Gasteiger partial charge on any atom is 0.303 e. The van der Waals surface area contributed by atoms with Crippen LogP contribution in [-0.4, -0.2) is 71.4 Å². The van der Waals surface area contributed by atoms with Gasteiger partial charge in [0.05, 0.1) is 5.69 Å². The van der Waals surface area contributed by atoms with Gasteiger partial charge in [0.2, 0.25) is 0 Å². The number of carbonyl (C=O) groups excluding carboxylic acids is 5. The first-order chi connectivity index (χ1) is 20.0. The number of rotatable bonds is 8. The van der Waals surface area contributed by atoms with Gasteiger partial charge in [0.15, 0.2) is 28.9 Å². The van der Waals surface area contributed by atoms with Crippen molar-refractivity contribution < 1.29 is 47.7 Å². The van der Waals surface area contributed by atoms with Gasteiger partial charge in [-0.25, -0.2) is 4.99 Å². The Morgan fingerprint density at radius 2 is 1.55 bits per heavy atom. The Labute approximate surface area is 249 Å². The van der Waals surface area contributed by atoms with Crippen LogP contribution in [0.2, 0.25) is 0 Å². The van der Waals surface area contributed by atoms with Crippen LogP contribution in [0.3, 0.4) is 0 Å². The van der Waals surface area contributed by atoms with Crippen molar-refractivity contribution in [2.24, 2.45) is 4.99 Å². The molecule has 42 heavy (non-hydrogen) atoms. The summed E-state index contributed by atoms with van der Waals surface area (Å²) in [6, 6.07) is 12.5. The fraction of sp³-hybridized carbons (Fsp3) is 0.357. The summed E-state index contributed by atoms with van der Waals surface area (Å²) in [7, 11) is 0. The van der Waals surface area contributed by atoms with Crippen molar-refractivity contribution in [2.75, 3.05) is 11.5 Å². The first-order valence-electron chi connectivity index (χ1n) is 12.7. The maximum absolute atomic E-state index is 13.6. The molecule has 1 fully saturated rings. The SMILES string of the molecule is CC(=O)OC[C@H]1O[C@@H](SC2=N/C(=C\c3cccs3)C(=O)N2c2ccccc2)[C@H](OC(C)=O)[C@@H](OC(C)=O)[C@@H]1OC(C)=O. The average Bonchev–Trinajstić information content (AvgIpc) is 3.54. The van der Waals surface area contributed by atoms with Crippen LogP contribution < -0.4 is 4.90 Å². The highest BCUT2D eigenvalue weighted by Gasteiger charge is 2.53. The van der Waals surface area contributed by atoms with Crippen LogP contribution in [0.4, 0.5) is 5.69 Å². The molecule has 4 rings (SSSR count). The predicted molar refractivity (Wildman–Crippen MR) is 153 cm³/mol. The molecule has 0 spiro atoms. The van der Waals surface area contributed by atoms with Gasteiger partial charge in [-0.1, -0.05) is 36.0 Å². The van der Waals surface area contributed by atoms with Crippen LogP contribution in [-0.2, 0) is 47.7 Å². The lowest BCUT2D eigenvalue weighted by Gasteiger charge is -2.44. The van der Waals surface area contributed by atoms with Crippen molar-refractivity contribution in [2.45, 2.75) is 57.5 Å². The molecule has 2 aromatic rings. The largest absolute Gasteiger partial charge is 0.463 e. The lowest BCUT2D eigenvalue weighted by atomic mass is 9.99. The van der Waals surface area contributed by atoms with E-state index < -0.39 is 59.6 Å². The minimum Gasteiger partial charge on any atom is -0.463 e. The van der Waals surface area contributed by atoms with E-state index >= 15 is 0 Å². The van der Waals surface area contributed by atoms with Crippen molar-refractivity contribution >= 4 is 69.8 Å². The number of para-hydroxylation sites is 1. The van der Waals surface area contributed by atoms with E-state index in [-0.39, 0.29) is 17.5 Å². The van der Waals surface area contributed by atoms with Crippen LogP contribution in [0.15, 0.2) is 58.5 Å². The molecule has 1 aromatic carbocycles. The maximum atomic E-state index is 13.6. The van der Waals surface area contributed by atoms with E-state index in [1.807, 2.05) is 17.5 Å². The fourth-order valence-corrected chi connectivity index (χ4v) is 6.12. The third-order valence-corrected chi connectivity index (χ3v) is 7.75. The zero-order chi connectivity index (χ0) is 30.4. The molecule has 14 heteroatoms. The predicted octanol–water partition coefficient (Wildman–Crippen LogP) is 3.31. The Morgan fingerprint density at radius 1 is 0.905 bits per heavy atom. The molecule has 0 N–H and O–H groups in total. The van der Waals surface area contributed by atoms with Crippen molar-refractivity contribution in [1.82, 2.24) is 0 Å². The number of thiophene rings is 1. The van der Waals surface area contributed by atoms with Crippen molar-refractivity contribution in [3.63, 3.8) is 0 Å². The first kappa shape index (κ1) is 30.9. The average molecular weight is 617 g/mol. The zero-order valence-corrected chi connectivity index (χ0v) is 24.7. The van der Waals surface area contributed by atoms with Crippen LogP contribution in [0, 0.1) is 0 Å². The zero-order valence-electron chi connectivity index (χ0n) is 23.1. The molecule has 0 radical (unpaired) electrons. The number of ether oxygens (including phenoxy) is 5. The first-order valence-corrected chi connectivity index (χ1v) is 14.5. The topological polar surface area (TPSA) is 147 Å². The lowest BCUT2D eigenvalue weighted by molar-refractivity contribution is -0.237. The molecule has 3 heterocycles. The van der Waals surface area contributed by atoms with E-state index in [9.17, 15) is 24.0 Å². The number of nitrogens with zero attached hydrogens (tertiary/aromatic N) is 2. The summed E-state index contributed by atoms with van der Waals surface area (Å²) >= 11 is 2.37. The minimum absolute atomic E-state index is 0.162. The number of carbonyl (C=O) groups is 5. The van der Waals surface area contributed by atoms with Gasteiger partial charge in [-0.05, 0) is 29.7 Å².